The van der Waals surface area contributed by atoms with E-state index < -0.39 is 11.7 Å². The zero-order chi connectivity index (χ0) is 36.8. The Bertz CT molecular complexity index is 2750. The number of rotatable bonds is 6. The smallest absolute Gasteiger partial charge is 0.309 e. The molecule has 2 aromatic heterocycles. The molecule has 54 heavy (non-hydrogen) atoms. The van der Waals surface area contributed by atoms with Gasteiger partial charge in [-0.25, -0.2) is 15.0 Å². The Morgan fingerprint density at radius 2 is 1.00 bits per heavy atom. The number of aromatic nitrogens is 4. The van der Waals surface area contributed by atoms with Crippen molar-refractivity contribution in [3.63, 3.8) is 0 Å². The van der Waals surface area contributed by atoms with Crippen molar-refractivity contribution in [3.8, 4) is 62.1 Å². The topological polar surface area (TPSA) is 43.6 Å². The Kier molecular flexibility index (Phi) is 8.12. The number of halogens is 3. The van der Waals surface area contributed by atoms with Gasteiger partial charge in [0.25, 0.3) is 0 Å². The zero-order valence-corrected chi connectivity index (χ0v) is 29.1. The molecule has 0 amide bonds. The first-order valence-electron chi connectivity index (χ1n) is 17.6. The molecule has 0 aliphatic heterocycles. The van der Waals surface area contributed by atoms with E-state index in [1.54, 1.807) is 6.07 Å². The summed E-state index contributed by atoms with van der Waals surface area (Å²) in [4.78, 5) is 14.6. The molecule has 0 spiro atoms. The van der Waals surface area contributed by atoms with Crippen LogP contribution in [-0.2, 0) is 6.18 Å². The lowest BCUT2D eigenvalue weighted by atomic mass is 9.93. The lowest BCUT2D eigenvalue weighted by Gasteiger charge is -2.18. The summed E-state index contributed by atoms with van der Waals surface area (Å²) < 4.78 is 46.6. The molecule has 4 nitrogen and oxygen atoms in total. The molecule has 0 saturated carbocycles. The number of aryl methyl sites for hydroxylation is 1. The minimum absolute atomic E-state index is 0.0332. The highest BCUT2D eigenvalue weighted by atomic mass is 19.4. The van der Waals surface area contributed by atoms with E-state index in [9.17, 15) is 13.2 Å². The summed E-state index contributed by atoms with van der Waals surface area (Å²) in [7, 11) is 0. The molecule has 9 rings (SSSR count). The van der Waals surface area contributed by atoms with Gasteiger partial charge in [-0.3, -0.25) is 0 Å². The molecule has 0 bridgehead atoms. The van der Waals surface area contributed by atoms with E-state index in [2.05, 4.69) is 60.0 Å². The minimum Gasteiger partial charge on any atom is -0.309 e. The van der Waals surface area contributed by atoms with Crippen molar-refractivity contribution in [2.75, 3.05) is 0 Å². The van der Waals surface area contributed by atoms with Crippen molar-refractivity contribution in [2.24, 2.45) is 0 Å². The van der Waals surface area contributed by atoms with E-state index in [1.165, 1.54) is 17.7 Å². The van der Waals surface area contributed by atoms with Crippen LogP contribution in [-0.4, -0.2) is 19.5 Å². The predicted octanol–water partition coefficient (Wildman–Crippen LogP) is 12.6. The summed E-state index contributed by atoms with van der Waals surface area (Å²) in [5, 5.41) is 2.09. The molecule has 0 aliphatic carbocycles. The van der Waals surface area contributed by atoms with Gasteiger partial charge in [-0.2, -0.15) is 13.2 Å². The van der Waals surface area contributed by atoms with Crippen LogP contribution in [0.2, 0.25) is 0 Å². The highest BCUT2D eigenvalue weighted by molar-refractivity contribution is 6.10. The van der Waals surface area contributed by atoms with Gasteiger partial charge in [0.2, 0.25) is 0 Å². The molecule has 7 aromatic carbocycles. The third-order valence-electron chi connectivity index (χ3n) is 9.78. The monoisotopic (exact) mass is 708 g/mol. The van der Waals surface area contributed by atoms with Gasteiger partial charge in [0, 0.05) is 33.2 Å². The van der Waals surface area contributed by atoms with E-state index >= 15 is 0 Å². The van der Waals surface area contributed by atoms with Gasteiger partial charge in [0.1, 0.15) is 0 Å². The van der Waals surface area contributed by atoms with E-state index in [4.69, 9.17) is 15.0 Å². The standard InChI is InChI=1S/C47H31F3N4/c1-30-20-22-31(23-21-30)34-24-26-38-37-17-9-11-19-42(37)54(43(38)28-34)35-25-27-39(40(29-35)36-16-8-10-18-41(36)47(48,49)50)46-52-44(32-12-4-2-5-13-32)51-45(53-46)33-14-6-3-7-15-33/h2-29H,1H3. The second kappa shape index (κ2) is 13.3. The Morgan fingerprint density at radius 1 is 0.426 bits per heavy atom. The molecule has 260 valence electrons. The summed E-state index contributed by atoms with van der Waals surface area (Å²) in [5.74, 6) is 1.11. The maximum absolute atomic E-state index is 14.8. The molecule has 0 atom stereocenters. The van der Waals surface area contributed by atoms with Crippen LogP contribution >= 0.6 is 0 Å². The molecule has 0 radical (unpaired) electrons. The van der Waals surface area contributed by atoms with Crippen LogP contribution in [0, 0.1) is 6.92 Å². The summed E-state index contributed by atoms with van der Waals surface area (Å²) >= 11 is 0. The Labute approximate surface area is 309 Å². The van der Waals surface area contributed by atoms with Gasteiger partial charge in [-0.1, -0.05) is 139 Å². The number of nitrogens with zero attached hydrogens (tertiary/aromatic N) is 4. The molecular formula is C47H31F3N4. The zero-order valence-electron chi connectivity index (χ0n) is 29.1. The second-order valence-electron chi connectivity index (χ2n) is 13.3. The largest absolute Gasteiger partial charge is 0.417 e. The van der Waals surface area contributed by atoms with Crippen LogP contribution in [0.5, 0.6) is 0 Å². The van der Waals surface area contributed by atoms with Gasteiger partial charge in [-0.15, -0.1) is 0 Å². The van der Waals surface area contributed by atoms with Crippen molar-refractivity contribution in [1.82, 2.24) is 19.5 Å². The van der Waals surface area contributed by atoms with Gasteiger partial charge in [0.05, 0.1) is 16.6 Å². The van der Waals surface area contributed by atoms with Crippen molar-refractivity contribution < 1.29 is 13.2 Å². The van der Waals surface area contributed by atoms with E-state index in [-0.39, 0.29) is 11.4 Å². The first-order valence-corrected chi connectivity index (χ1v) is 17.6. The Balaban J connectivity index is 1.33. The van der Waals surface area contributed by atoms with Gasteiger partial charge < -0.3 is 4.57 Å². The first kappa shape index (κ1) is 33.0. The van der Waals surface area contributed by atoms with Crippen LogP contribution in [0.1, 0.15) is 11.1 Å². The Hall–Kier alpha value is -6.86. The molecule has 2 heterocycles. The molecular weight excluding hydrogens is 678 g/mol. The van der Waals surface area contributed by atoms with Crippen molar-refractivity contribution in [3.05, 3.63) is 181 Å². The van der Waals surface area contributed by atoms with Crippen LogP contribution in [0.4, 0.5) is 13.2 Å². The molecule has 0 fully saturated rings. The fourth-order valence-electron chi connectivity index (χ4n) is 7.16. The van der Waals surface area contributed by atoms with Gasteiger partial charge in [0.15, 0.2) is 17.5 Å². The summed E-state index contributed by atoms with van der Waals surface area (Å²) in [6.45, 7) is 2.06. The van der Waals surface area contributed by atoms with Crippen LogP contribution in [0.3, 0.4) is 0 Å². The van der Waals surface area contributed by atoms with Crippen molar-refractivity contribution in [2.45, 2.75) is 13.1 Å². The summed E-state index contributed by atoms with van der Waals surface area (Å²) in [6, 6.07) is 53.2. The fraction of sp³-hybridized carbons (Fsp3) is 0.0426. The lowest BCUT2D eigenvalue weighted by Crippen LogP contribution is -2.08. The second-order valence-corrected chi connectivity index (χ2v) is 13.3. The Morgan fingerprint density at radius 3 is 1.69 bits per heavy atom. The van der Waals surface area contributed by atoms with Crippen molar-refractivity contribution in [1.29, 1.82) is 0 Å². The lowest BCUT2D eigenvalue weighted by molar-refractivity contribution is -0.137. The van der Waals surface area contributed by atoms with Crippen LogP contribution < -0.4 is 0 Å². The van der Waals surface area contributed by atoms with E-state index in [0.717, 1.165) is 50.1 Å². The number of hydrogen-bond acceptors (Lipinski definition) is 3. The number of alkyl halides is 3. The molecule has 7 heteroatoms. The highest BCUT2D eigenvalue weighted by Crippen LogP contribution is 2.43. The molecule has 0 N–H and O–H groups in total. The molecule has 0 saturated heterocycles. The first-order chi connectivity index (χ1) is 26.3. The van der Waals surface area contributed by atoms with Crippen molar-refractivity contribution >= 4 is 21.8 Å². The predicted molar refractivity (Wildman–Crippen MR) is 211 cm³/mol. The SMILES string of the molecule is Cc1ccc(-c2ccc3c4ccccc4n(-c4ccc(-c5nc(-c6ccccc6)nc(-c6ccccc6)n5)c(-c5ccccc5C(F)(F)F)c4)c3c2)cc1. The third-order valence-corrected chi connectivity index (χ3v) is 9.78. The summed E-state index contributed by atoms with van der Waals surface area (Å²) in [5.41, 5.74) is 7.50. The summed E-state index contributed by atoms with van der Waals surface area (Å²) in [6.07, 6.45) is -4.61. The average Bonchev–Trinajstić information content (AvgIpc) is 3.55. The third kappa shape index (κ3) is 5.99. The number of fused-ring (bicyclic) bond motifs is 3. The normalized spacial score (nSPS) is 11.7. The maximum atomic E-state index is 14.8. The fourth-order valence-corrected chi connectivity index (χ4v) is 7.16. The number of para-hydroxylation sites is 1. The number of hydrogen-bond donors (Lipinski definition) is 0. The number of benzene rings is 7. The quantitative estimate of drug-likeness (QED) is 0.173. The molecule has 0 unspecified atom stereocenters. The van der Waals surface area contributed by atoms with E-state index in [0.29, 0.717) is 28.5 Å². The van der Waals surface area contributed by atoms with Gasteiger partial charge >= 0.3 is 6.18 Å². The minimum atomic E-state index is -4.61. The highest BCUT2D eigenvalue weighted by Gasteiger charge is 2.34. The van der Waals surface area contributed by atoms with Gasteiger partial charge in [-0.05, 0) is 65.6 Å². The average molecular weight is 709 g/mol. The van der Waals surface area contributed by atoms with Crippen LogP contribution in [0.25, 0.3) is 83.9 Å². The van der Waals surface area contributed by atoms with E-state index in [1.807, 2.05) is 97.1 Å². The molecule has 0 aliphatic rings. The van der Waals surface area contributed by atoms with Crippen LogP contribution in [0.15, 0.2) is 170 Å². The maximum Gasteiger partial charge on any atom is 0.417 e. The molecule has 9 aromatic rings.